The van der Waals surface area contributed by atoms with Crippen molar-refractivity contribution < 1.29 is 17.6 Å². The van der Waals surface area contributed by atoms with E-state index in [1.807, 2.05) is 23.1 Å². The van der Waals surface area contributed by atoms with Gasteiger partial charge in [0.1, 0.15) is 5.82 Å². The second-order valence-corrected chi connectivity index (χ2v) is 11.6. The fraction of sp³-hybridized carbons (Fsp3) is 0.167. The van der Waals surface area contributed by atoms with Crippen LogP contribution in [-0.2, 0) is 16.6 Å². The van der Waals surface area contributed by atoms with Crippen LogP contribution in [0.15, 0.2) is 108 Å². The monoisotopic (exact) mass is 563 g/mol. The van der Waals surface area contributed by atoms with Crippen LogP contribution < -0.4 is 9.21 Å². The van der Waals surface area contributed by atoms with E-state index in [1.54, 1.807) is 48.5 Å². The van der Waals surface area contributed by atoms with Gasteiger partial charge in [-0.3, -0.25) is 9.10 Å². The molecule has 9 heteroatoms. The van der Waals surface area contributed by atoms with Crippen molar-refractivity contribution in [2.75, 3.05) is 35.4 Å². The highest BCUT2D eigenvalue weighted by atomic mass is 35.5. The van der Waals surface area contributed by atoms with Crippen molar-refractivity contribution >= 4 is 38.9 Å². The molecule has 0 saturated carbocycles. The highest BCUT2D eigenvalue weighted by molar-refractivity contribution is 7.92. The van der Waals surface area contributed by atoms with Crippen LogP contribution in [0.2, 0.25) is 5.02 Å². The van der Waals surface area contributed by atoms with Crippen LogP contribution in [0.4, 0.5) is 15.8 Å². The van der Waals surface area contributed by atoms with Crippen molar-refractivity contribution in [3.05, 3.63) is 125 Å². The zero-order valence-electron chi connectivity index (χ0n) is 21.1. The standard InChI is InChI=1S/C30H27ClFN3O3S/c31-25-10-6-23(7-11-25)22-35(39(37,38)29-16-12-26(32)13-17-29)28-14-8-24(9-15-28)30(36)34-20-18-33(19-21-34)27-4-2-1-3-5-27/h1-17H,18-22H2. The predicted molar refractivity (Wildman–Crippen MR) is 152 cm³/mol. The lowest BCUT2D eigenvalue weighted by atomic mass is 10.1. The number of benzene rings is 4. The summed E-state index contributed by atoms with van der Waals surface area (Å²) in [5.41, 5.74) is 2.73. The number of anilines is 2. The normalized spacial score (nSPS) is 13.8. The molecule has 6 nitrogen and oxygen atoms in total. The number of piperazine rings is 1. The van der Waals surface area contributed by atoms with Gasteiger partial charge >= 0.3 is 0 Å². The van der Waals surface area contributed by atoms with E-state index in [4.69, 9.17) is 11.6 Å². The van der Waals surface area contributed by atoms with Crippen molar-refractivity contribution in [1.82, 2.24) is 4.90 Å². The van der Waals surface area contributed by atoms with Gasteiger partial charge in [0.2, 0.25) is 0 Å². The Morgan fingerprint density at radius 3 is 2.03 bits per heavy atom. The Labute approximate surface area is 232 Å². The van der Waals surface area contributed by atoms with Crippen LogP contribution in [-0.4, -0.2) is 45.4 Å². The van der Waals surface area contributed by atoms with Gasteiger partial charge in [-0.2, -0.15) is 0 Å². The molecule has 0 aromatic heterocycles. The SMILES string of the molecule is O=C(c1ccc(N(Cc2ccc(Cl)cc2)S(=O)(=O)c2ccc(F)cc2)cc1)N1CCN(c2ccccc2)CC1. The summed E-state index contributed by atoms with van der Waals surface area (Å²) in [7, 11) is -4.03. The predicted octanol–water partition coefficient (Wildman–Crippen LogP) is 5.84. The van der Waals surface area contributed by atoms with Crippen LogP contribution >= 0.6 is 11.6 Å². The average molecular weight is 564 g/mol. The maximum atomic E-state index is 13.6. The number of carbonyl (C=O) groups excluding carboxylic acids is 1. The van der Waals surface area contributed by atoms with E-state index in [0.29, 0.717) is 29.4 Å². The van der Waals surface area contributed by atoms with E-state index in [1.165, 1.54) is 16.4 Å². The number of para-hydroxylation sites is 1. The van der Waals surface area contributed by atoms with Gasteiger partial charge in [-0.05, 0) is 78.4 Å². The lowest BCUT2D eigenvalue weighted by Gasteiger charge is -2.36. The van der Waals surface area contributed by atoms with Crippen molar-refractivity contribution in [3.8, 4) is 0 Å². The molecule has 0 aliphatic carbocycles. The molecular formula is C30H27ClFN3O3S. The number of hydrogen-bond acceptors (Lipinski definition) is 4. The van der Waals surface area contributed by atoms with E-state index >= 15 is 0 Å². The minimum Gasteiger partial charge on any atom is -0.368 e. The van der Waals surface area contributed by atoms with Crippen LogP contribution in [0.3, 0.4) is 0 Å². The maximum absolute atomic E-state index is 13.6. The summed E-state index contributed by atoms with van der Waals surface area (Å²) < 4.78 is 42.0. The molecule has 1 saturated heterocycles. The summed E-state index contributed by atoms with van der Waals surface area (Å²) >= 11 is 6.01. The number of amides is 1. The van der Waals surface area contributed by atoms with Crippen LogP contribution in [0.1, 0.15) is 15.9 Å². The molecule has 200 valence electrons. The number of carbonyl (C=O) groups is 1. The summed E-state index contributed by atoms with van der Waals surface area (Å²) in [6, 6.07) is 28.3. The third-order valence-corrected chi connectivity index (χ3v) is 8.77. The lowest BCUT2D eigenvalue weighted by molar-refractivity contribution is 0.0747. The van der Waals surface area contributed by atoms with Crippen LogP contribution in [0, 0.1) is 5.82 Å². The molecule has 5 rings (SSSR count). The van der Waals surface area contributed by atoms with E-state index in [0.717, 1.165) is 36.5 Å². The lowest BCUT2D eigenvalue weighted by Crippen LogP contribution is -2.48. The molecule has 1 aliphatic heterocycles. The Kier molecular flexibility index (Phi) is 7.86. The molecule has 4 aromatic carbocycles. The molecule has 1 amide bonds. The fourth-order valence-corrected chi connectivity index (χ4v) is 6.14. The van der Waals surface area contributed by atoms with Crippen molar-refractivity contribution in [2.24, 2.45) is 0 Å². The molecule has 0 N–H and O–H groups in total. The zero-order chi connectivity index (χ0) is 27.4. The Bertz CT molecular complexity index is 1520. The summed E-state index contributed by atoms with van der Waals surface area (Å²) in [5, 5.41) is 0.541. The van der Waals surface area contributed by atoms with Gasteiger partial charge in [-0.1, -0.05) is 41.9 Å². The Balaban J connectivity index is 1.36. The first kappa shape index (κ1) is 26.7. The van der Waals surface area contributed by atoms with Gasteiger partial charge in [-0.15, -0.1) is 0 Å². The summed E-state index contributed by atoms with van der Waals surface area (Å²) in [6.07, 6.45) is 0. The van der Waals surface area contributed by atoms with Gasteiger partial charge in [0, 0.05) is 42.5 Å². The highest BCUT2D eigenvalue weighted by Crippen LogP contribution is 2.28. The minimum absolute atomic E-state index is 0.0331. The molecule has 0 bridgehead atoms. The molecule has 0 spiro atoms. The number of nitrogens with zero attached hydrogens (tertiary/aromatic N) is 3. The first-order valence-corrected chi connectivity index (χ1v) is 14.4. The summed E-state index contributed by atoms with van der Waals surface area (Å²) in [4.78, 5) is 17.3. The van der Waals surface area contributed by atoms with E-state index < -0.39 is 15.8 Å². The summed E-state index contributed by atoms with van der Waals surface area (Å²) in [6.45, 7) is 2.69. The Morgan fingerprint density at radius 2 is 1.41 bits per heavy atom. The van der Waals surface area contributed by atoms with Gasteiger partial charge in [0.05, 0.1) is 17.1 Å². The zero-order valence-corrected chi connectivity index (χ0v) is 22.7. The number of hydrogen-bond donors (Lipinski definition) is 0. The molecular weight excluding hydrogens is 537 g/mol. The van der Waals surface area contributed by atoms with Gasteiger partial charge in [0.25, 0.3) is 15.9 Å². The molecule has 0 unspecified atom stereocenters. The average Bonchev–Trinajstić information content (AvgIpc) is 2.97. The van der Waals surface area contributed by atoms with Crippen molar-refractivity contribution in [1.29, 1.82) is 0 Å². The molecule has 0 atom stereocenters. The van der Waals surface area contributed by atoms with Gasteiger partial charge < -0.3 is 9.80 Å². The minimum atomic E-state index is -4.03. The Morgan fingerprint density at radius 1 is 0.795 bits per heavy atom. The third kappa shape index (κ3) is 6.08. The molecule has 0 radical (unpaired) electrons. The second-order valence-electron chi connectivity index (χ2n) is 9.25. The summed E-state index contributed by atoms with van der Waals surface area (Å²) in [5.74, 6) is -0.620. The van der Waals surface area contributed by atoms with Crippen LogP contribution in [0.5, 0.6) is 0 Å². The van der Waals surface area contributed by atoms with Crippen molar-refractivity contribution in [2.45, 2.75) is 11.4 Å². The van der Waals surface area contributed by atoms with Gasteiger partial charge in [-0.25, -0.2) is 12.8 Å². The van der Waals surface area contributed by atoms with Crippen molar-refractivity contribution in [3.63, 3.8) is 0 Å². The molecule has 4 aromatic rings. The Hall–Kier alpha value is -3.88. The molecule has 39 heavy (non-hydrogen) atoms. The first-order chi connectivity index (χ1) is 18.8. The van der Waals surface area contributed by atoms with E-state index in [9.17, 15) is 17.6 Å². The van der Waals surface area contributed by atoms with Gasteiger partial charge in [0.15, 0.2) is 0 Å². The number of halogens is 2. The maximum Gasteiger partial charge on any atom is 0.264 e. The van der Waals surface area contributed by atoms with Crippen LogP contribution in [0.25, 0.3) is 0 Å². The largest absolute Gasteiger partial charge is 0.368 e. The molecule has 1 aliphatic rings. The third-order valence-electron chi connectivity index (χ3n) is 6.73. The number of sulfonamides is 1. The second kappa shape index (κ2) is 11.5. The quantitative estimate of drug-likeness (QED) is 0.283. The topological polar surface area (TPSA) is 60.9 Å². The smallest absolute Gasteiger partial charge is 0.264 e. The van der Waals surface area contributed by atoms with E-state index in [2.05, 4.69) is 17.0 Å². The fourth-order valence-electron chi connectivity index (χ4n) is 4.56. The highest BCUT2D eigenvalue weighted by Gasteiger charge is 2.27. The molecule has 1 heterocycles. The van der Waals surface area contributed by atoms with E-state index in [-0.39, 0.29) is 17.3 Å². The number of rotatable bonds is 7. The molecule has 1 fully saturated rings. The first-order valence-electron chi connectivity index (χ1n) is 12.5.